The van der Waals surface area contributed by atoms with E-state index in [9.17, 15) is 22.4 Å². The van der Waals surface area contributed by atoms with Crippen LogP contribution >= 0.6 is 0 Å². The first-order valence-electron chi connectivity index (χ1n) is 8.75. The van der Waals surface area contributed by atoms with Gasteiger partial charge in [0.15, 0.2) is 5.65 Å². The summed E-state index contributed by atoms with van der Waals surface area (Å²) >= 11 is 0. The van der Waals surface area contributed by atoms with E-state index in [-0.39, 0.29) is 11.3 Å². The molecular weight excluding hydrogens is 420 g/mol. The van der Waals surface area contributed by atoms with Gasteiger partial charge in [-0.3, -0.25) is 9.78 Å². The molecule has 0 radical (unpaired) electrons. The fourth-order valence-electron chi connectivity index (χ4n) is 2.87. The second-order valence-electron chi connectivity index (χ2n) is 6.29. The largest absolute Gasteiger partial charge is 0.573 e. The predicted molar refractivity (Wildman–Crippen MR) is 97.4 cm³/mol. The molecule has 1 atom stereocenters. The highest BCUT2D eigenvalue weighted by Gasteiger charge is 2.31. The summed E-state index contributed by atoms with van der Waals surface area (Å²) in [6.07, 6.45) is -2.13. The molecule has 4 aromatic rings. The molecule has 1 N–H and O–H groups in total. The normalized spacial score (nSPS) is 12.5. The molecule has 0 fully saturated rings. The topological polar surface area (TPSA) is 94.3 Å². The lowest BCUT2D eigenvalue weighted by atomic mass is 10.0. The van der Waals surface area contributed by atoms with Crippen LogP contribution in [-0.2, 0) is 0 Å². The van der Waals surface area contributed by atoms with Crippen molar-refractivity contribution in [3.8, 4) is 5.75 Å². The van der Waals surface area contributed by atoms with Crippen molar-refractivity contribution in [1.29, 1.82) is 0 Å². The molecule has 1 unspecified atom stereocenters. The summed E-state index contributed by atoms with van der Waals surface area (Å²) in [6.45, 7) is 0. The number of amides is 1. The van der Waals surface area contributed by atoms with Gasteiger partial charge >= 0.3 is 6.36 Å². The minimum absolute atomic E-state index is 0.108. The molecule has 0 saturated carbocycles. The Morgan fingerprint density at radius 1 is 1.10 bits per heavy atom. The second kappa shape index (κ2) is 7.97. The molecule has 0 saturated heterocycles. The molecule has 0 aliphatic carbocycles. The van der Waals surface area contributed by atoms with Gasteiger partial charge in [0.1, 0.15) is 17.3 Å². The van der Waals surface area contributed by atoms with E-state index >= 15 is 0 Å². The summed E-state index contributed by atoms with van der Waals surface area (Å²) in [7, 11) is 0. The number of hydrogen-bond donors (Lipinski definition) is 1. The lowest BCUT2D eigenvalue weighted by molar-refractivity contribution is -0.274. The Hall–Kier alpha value is -4.09. The number of halogens is 4. The molecule has 158 valence electrons. The zero-order valence-corrected chi connectivity index (χ0v) is 15.4. The number of hydrogen-bond acceptors (Lipinski definition) is 6. The lowest BCUT2D eigenvalue weighted by Gasteiger charge is -2.20. The van der Waals surface area contributed by atoms with Crippen LogP contribution in [-0.4, -0.2) is 37.3 Å². The van der Waals surface area contributed by atoms with Crippen LogP contribution in [0.25, 0.3) is 5.65 Å². The van der Waals surface area contributed by atoms with Crippen molar-refractivity contribution in [1.82, 2.24) is 30.3 Å². The second-order valence-corrected chi connectivity index (χ2v) is 6.29. The Morgan fingerprint density at radius 2 is 1.87 bits per heavy atom. The Kier molecular flexibility index (Phi) is 5.19. The van der Waals surface area contributed by atoms with Gasteiger partial charge in [0.25, 0.3) is 5.91 Å². The summed E-state index contributed by atoms with van der Waals surface area (Å²) in [4.78, 5) is 16.8. The van der Waals surface area contributed by atoms with Crippen LogP contribution in [0.2, 0.25) is 0 Å². The number of pyridine rings is 2. The van der Waals surface area contributed by atoms with Gasteiger partial charge in [-0.15, -0.1) is 18.3 Å². The number of nitrogens with one attached hydrogen (secondary N) is 1. The van der Waals surface area contributed by atoms with E-state index in [0.717, 1.165) is 18.2 Å². The highest BCUT2D eigenvalue weighted by molar-refractivity contribution is 5.94. The van der Waals surface area contributed by atoms with Crippen molar-refractivity contribution in [3.05, 3.63) is 83.6 Å². The third-order valence-corrected chi connectivity index (χ3v) is 4.24. The maximum Gasteiger partial charge on any atom is 0.573 e. The Balaban J connectivity index is 1.66. The number of carbonyl (C=O) groups is 1. The van der Waals surface area contributed by atoms with Gasteiger partial charge in [0.2, 0.25) is 0 Å². The van der Waals surface area contributed by atoms with Crippen LogP contribution in [0.3, 0.4) is 0 Å². The summed E-state index contributed by atoms with van der Waals surface area (Å²) in [6, 6.07) is 9.15. The van der Waals surface area contributed by atoms with Crippen LogP contribution in [0.15, 0.2) is 60.9 Å². The van der Waals surface area contributed by atoms with Crippen LogP contribution in [0.5, 0.6) is 5.75 Å². The Labute approximate surface area is 171 Å². The smallest absolute Gasteiger partial charge is 0.406 e. The van der Waals surface area contributed by atoms with Crippen molar-refractivity contribution in [3.63, 3.8) is 0 Å². The van der Waals surface area contributed by atoms with Crippen molar-refractivity contribution in [2.75, 3.05) is 0 Å². The van der Waals surface area contributed by atoms with Gasteiger partial charge < -0.3 is 10.1 Å². The minimum Gasteiger partial charge on any atom is -0.406 e. The average Bonchev–Trinajstić information content (AvgIpc) is 3.20. The monoisotopic (exact) mass is 432 g/mol. The molecule has 1 aromatic carbocycles. The first kappa shape index (κ1) is 20.2. The summed E-state index contributed by atoms with van der Waals surface area (Å²) in [5.41, 5.74) is 0.787. The van der Waals surface area contributed by atoms with Gasteiger partial charge in [-0.25, -0.2) is 4.39 Å². The molecular formula is C19H12F4N6O2. The molecule has 0 bridgehead atoms. The van der Waals surface area contributed by atoms with Gasteiger partial charge in [-0.05, 0) is 52.4 Å². The van der Waals surface area contributed by atoms with Gasteiger partial charge in [-0.2, -0.15) is 4.52 Å². The number of rotatable bonds is 5. The van der Waals surface area contributed by atoms with Crippen molar-refractivity contribution < 1.29 is 27.1 Å². The van der Waals surface area contributed by atoms with E-state index in [4.69, 9.17) is 0 Å². The average molecular weight is 432 g/mol. The standard InChI is InChI=1S/C19H12F4N6O2/c20-14-2-1-9-24-17(14)16(11-3-6-13(7-4-11)31-19(21,22)23)25-18(30)12-5-8-15-26-27-28-29(15)10-12/h1-10,16H,(H,25,30). The molecule has 3 aromatic heterocycles. The Bertz CT molecular complexity index is 1230. The van der Waals surface area contributed by atoms with Crippen molar-refractivity contribution >= 4 is 11.6 Å². The van der Waals surface area contributed by atoms with E-state index in [1.54, 1.807) is 0 Å². The number of fused-ring (bicyclic) bond motifs is 1. The number of nitrogens with zero attached hydrogens (tertiary/aromatic N) is 5. The van der Waals surface area contributed by atoms with Crippen molar-refractivity contribution in [2.45, 2.75) is 12.4 Å². The SMILES string of the molecule is O=C(NC(c1ccc(OC(F)(F)F)cc1)c1ncccc1F)c1ccc2nnnn2c1. The number of carbonyl (C=O) groups excluding carboxylic acids is 1. The number of ether oxygens (including phenoxy) is 1. The van der Waals surface area contributed by atoms with E-state index in [1.165, 1.54) is 47.2 Å². The van der Waals surface area contributed by atoms with Crippen LogP contribution in [0, 0.1) is 5.82 Å². The molecule has 4 rings (SSSR count). The molecule has 8 nitrogen and oxygen atoms in total. The summed E-state index contributed by atoms with van der Waals surface area (Å²) in [5.74, 6) is -1.74. The third kappa shape index (κ3) is 4.57. The highest BCUT2D eigenvalue weighted by Crippen LogP contribution is 2.27. The van der Waals surface area contributed by atoms with E-state index in [0.29, 0.717) is 11.2 Å². The molecule has 0 aliphatic heterocycles. The maximum absolute atomic E-state index is 14.4. The summed E-state index contributed by atoms with van der Waals surface area (Å²) in [5, 5.41) is 13.6. The molecule has 0 spiro atoms. The van der Waals surface area contributed by atoms with E-state index in [2.05, 4.69) is 30.6 Å². The number of benzene rings is 1. The van der Waals surface area contributed by atoms with Crippen LogP contribution in [0.4, 0.5) is 17.6 Å². The van der Waals surface area contributed by atoms with Crippen LogP contribution in [0.1, 0.15) is 27.7 Å². The Morgan fingerprint density at radius 3 is 2.58 bits per heavy atom. The molecule has 12 heteroatoms. The van der Waals surface area contributed by atoms with E-state index < -0.39 is 29.9 Å². The fraction of sp³-hybridized carbons (Fsp3) is 0.105. The maximum atomic E-state index is 14.4. The predicted octanol–water partition coefficient (Wildman–Crippen LogP) is 3.08. The molecule has 3 heterocycles. The number of alkyl halides is 3. The van der Waals surface area contributed by atoms with Crippen molar-refractivity contribution in [2.24, 2.45) is 0 Å². The number of tetrazole rings is 1. The first-order valence-corrected chi connectivity index (χ1v) is 8.75. The highest BCUT2D eigenvalue weighted by atomic mass is 19.4. The number of aromatic nitrogens is 5. The molecule has 1 amide bonds. The minimum atomic E-state index is -4.85. The van der Waals surface area contributed by atoms with Gasteiger partial charge in [0.05, 0.1) is 11.6 Å². The zero-order chi connectivity index (χ0) is 22.0. The van der Waals surface area contributed by atoms with Crippen LogP contribution < -0.4 is 10.1 Å². The lowest BCUT2D eigenvalue weighted by Crippen LogP contribution is -2.30. The van der Waals surface area contributed by atoms with Gasteiger partial charge in [-0.1, -0.05) is 12.1 Å². The quantitative estimate of drug-likeness (QED) is 0.487. The fourth-order valence-corrected chi connectivity index (χ4v) is 2.87. The summed E-state index contributed by atoms with van der Waals surface area (Å²) < 4.78 is 56.8. The molecule has 31 heavy (non-hydrogen) atoms. The third-order valence-electron chi connectivity index (χ3n) is 4.24. The molecule has 0 aliphatic rings. The zero-order valence-electron chi connectivity index (χ0n) is 15.4. The van der Waals surface area contributed by atoms with E-state index in [1.807, 2.05) is 0 Å². The first-order chi connectivity index (χ1) is 14.8. The van der Waals surface area contributed by atoms with Gasteiger partial charge in [0, 0.05) is 12.4 Å².